The molecule has 0 spiro atoms. The van der Waals surface area contributed by atoms with Crippen LogP contribution in [0.3, 0.4) is 0 Å². The van der Waals surface area contributed by atoms with Crippen molar-refractivity contribution in [3.05, 3.63) is 35.9 Å². The second-order valence-electron chi connectivity index (χ2n) is 3.14. The van der Waals surface area contributed by atoms with Gasteiger partial charge in [0.15, 0.2) is 0 Å². The Labute approximate surface area is 104 Å². The van der Waals surface area contributed by atoms with E-state index in [4.69, 9.17) is 11.6 Å². The Hall–Kier alpha value is -1.89. The summed E-state index contributed by atoms with van der Waals surface area (Å²) < 4.78 is 39.5. The SMILES string of the molecule is FC(F)(F)Oc1ccc(-c2ccnc(Cl)n2)nc1. The van der Waals surface area contributed by atoms with E-state index in [0.29, 0.717) is 11.4 Å². The molecular weight excluding hydrogens is 271 g/mol. The smallest absolute Gasteiger partial charge is 0.404 e. The van der Waals surface area contributed by atoms with Gasteiger partial charge >= 0.3 is 6.36 Å². The fourth-order valence-corrected chi connectivity index (χ4v) is 1.35. The molecule has 0 radical (unpaired) electrons. The van der Waals surface area contributed by atoms with E-state index < -0.39 is 12.1 Å². The Balaban J connectivity index is 2.22. The summed E-state index contributed by atoms with van der Waals surface area (Å²) in [7, 11) is 0. The Kier molecular flexibility index (Phi) is 3.33. The van der Waals surface area contributed by atoms with Crippen molar-refractivity contribution in [2.45, 2.75) is 6.36 Å². The average Bonchev–Trinajstić information content (AvgIpc) is 2.28. The van der Waals surface area contributed by atoms with Crippen LogP contribution in [0.25, 0.3) is 11.4 Å². The molecule has 0 saturated carbocycles. The van der Waals surface area contributed by atoms with Gasteiger partial charge in [-0.05, 0) is 29.8 Å². The zero-order chi connectivity index (χ0) is 13.2. The maximum absolute atomic E-state index is 11.9. The molecule has 2 aromatic heterocycles. The fourth-order valence-electron chi connectivity index (χ4n) is 1.20. The van der Waals surface area contributed by atoms with Gasteiger partial charge in [0, 0.05) is 6.20 Å². The lowest BCUT2D eigenvalue weighted by molar-refractivity contribution is -0.274. The quantitative estimate of drug-likeness (QED) is 0.790. The van der Waals surface area contributed by atoms with E-state index in [1.165, 1.54) is 12.3 Å². The molecule has 0 bridgehead atoms. The van der Waals surface area contributed by atoms with Crippen LogP contribution in [-0.2, 0) is 0 Å². The number of hydrogen-bond donors (Lipinski definition) is 0. The van der Waals surface area contributed by atoms with Crippen molar-refractivity contribution in [3.8, 4) is 17.1 Å². The Morgan fingerprint density at radius 3 is 2.39 bits per heavy atom. The lowest BCUT2D eigenvalue weighted by atomic mass is 10.2. The van der Waals surface area contributed by atoms with Crippen molar-refractivity contribution in [2.24, 2.45) is 0 Å². The third-order valence-electron chi connectivity index (χ3n) is 1.86. The zero-order valence-corrected chi connectivity index (χ0v) is 9.40. The van der Waals surface area contributed by atoms with E-state index in [0.717, 1.165) is 12.3 Å². The Morgan fingerprint density at radius 1 is 1.06 bits per heavy atom. The van der Waals surface area contributed by atoms with Crippen LogP contribution in [0.2, 0.25) is 5.28 Å². The summed E-state index contributed by atoms with van der Waals surface area (Å²) >= 11 is 5.59. The van der Waals surface area contributed by atoms with Gasteiger partial charge in [0.25, 0.3) is 0 Å². The van der Waals surface area contributed by atoms with Crippen LogP contribution in [0.15, 0.2) is 30.6 Å². The second-order valence-corrected chi connectivity index (χ2v) is 3.48. The molecular formula is C10H5ClF3N3O. The van der Waals surface area contributed by atoms with Gasteiger partial charge in [-0.25, -0.2) is 9.97 Å². The lowest BCUT2D eigenvalue weighted by Gasteiger charge is -2.08. The van der Waals surface area contributed by atoms with Crippen molar-refractivity contribution in [3.63, 3.8) is 0 Å². The molecule has 0 aliphatic carbocycles. The predicted molar refractivity (Wildman–Crippen MR) is 57.0 cm³/mol. The van der Waals surface area contributed by atoms with Gasteiger partial charge < -0.3 is 4.74 Å². The first-order valence-electron chi connectivity index (χ1n) is 4.65. The van der Waals surface area contributed by atoms with Gasteiger partial charge in [-0.15, -0.1) is 13.2 Å². The lowest BCUT2D eigenvalue weighted by Crippen LogP contribution is -2.17. The number of halogens is 4. The van der Waals surface area contributed by atoms with Gasteiger partial charge in [0.2, 0.25) is 5.28 Å². The highest BCUT2D eigenvalue weighted by Gasteiger charge is 2.31. The highest BCUT2D eigenvalue weighted by molar-refractivity contribution is 6.28. The summed E-state index contributed by atoms with van der Waals surface area (Å²) in [5, 5.41) is 0.0323. The van der Waals surface area contributed by atoms with Crippen molar-refractivity contribution in [1.29, 1.82) is 0 Å². The molecule has 94 valence electrons. The first-order valence-corrected chi connectivity index (χ1v) is 5.02. The predicted octanol–water partition coefficient (Wildman–Crippen LogP) is 3.09. The number of ether oxygens (including phenoxy) is 1. The zero-order valence-electron chi connectivity index (χ0n) is 8.65. The molecule has 18 heavy (non-hydrogen) atoms. The maximum Gasteiger partial charge on any atom is 0.573 e. The number of hydrogen-bond acceptors (Lipinski definition) is 4. The van der Waals surface area contributed by atoms with Gasteiger partial charge in [-0.1, -0.05) is 0 Å². The minimum absolute atomic E-state index is 0.0323. The molecule has 2 aromatic rings. The van der Waals surface area contributed by atoms with Gasteiger partial charge in [-0.3, -0.25) is 4.98 Å². The number of pyridine rings is 1. The molecule has 0 fully saturated rings. The molecule has 0 amide bonds. The number of nitrogens with zero attached hydrogens (tertiary/aromatic N) is 3. The summed E-state index contributed by atoms with van der Waals surface area (Å²) in [6.07, 6.45) is -2.35. The summed E-state index contributed by atoms with van der Waals surface area (Å²) in [6.45, 7) is 0. The monoisotopic (exact) mass is 275 g/mol. The van der Waals surface area contributed by atoms with Crippen LogP contribution >= 0.6 is 11.6 Å². The summed E-state index contributed by atoms with van der Waals surface area (Å²) in [6, 6.07) is 4.03. The van der Waals surface area contributed by atoms with E-state index in [1.54, 1.807) is 6.07 Å². The molecule has 0 aliphatic rings. The summed E-state index contributed by atoms with van der Waals surface area (Å²) in [4.78, 5) is 11.4. The Morgan fingerprint density at radius 2 is 1.83 bits per heavy atom. The van der Waals surface area contributed by atoms with Crippen LogP contribution in [0.4, 0.5) is 13.2 Å². The van der Waals surface area contributed by atoms with E-state index in [-0.39, 0.29) is 5.28 Å². The second kappa shape index (κ2) is 4.77. The van der Waals surface area contributed by atoms with E-state index in [2.05, 4.69) is 19.7 Å². The van der Waals surface area contributed by atoms with Crippen LogP contribution in [-0.4, -0.2) is 21.3 Å². The third kappa shape index (κ3) is 3.30. The van der Waals surface area contributed by atoms with Crippen LogP contribution in [0.1, 0.15) is 0 Å². The standard InChI is InChI=1S/C10H5ClF3N3O/c11-9-15-4-3-8(17-9)7-2-1-6(5-16-7)18-10(12,13)14/h1-5H. The molecule has 0 unspecified atom stereocenters. The molecule has 0 saturated heterocycles. The molecule has 0 aromatic carbocycles. The number of rotatable bonds is 2. The van der Waals surface area contributed by atoms with E-state index >= 15 is 0 Å². The molecule has 0 aliphatic heterocycles. The third-order valence-corrected chi connectivity index (χ3v) is 2.04. The molecule has 4 nitrogen and oxygen atoms in total. The minimum Gasteiger partial charge on any atom is -0.404 e. The van der Waals surface area contributed by atoms with Crippen molar-refractivity contribution < 1.29 is 17.9 Å². The number of alkyl halides is 3. The van der Waals surface area contributed by atoms with Gasteiger partial charge in [0.05, 0.1) is 17.6 Å². The Bertz CT molecular complexity index is 545. The van der Waals surface area contributed by atoms with Crippen molar-refractivity contribution >= 4 is 11.6 Å². The van der Waals surface area contributed by atoms with Gasteiger partial charge in [0.1, 0.15) is 5.75 Å². The van der Waals surface area contributed by atoms with E-state index in [1.807, 2.05) is 0 Å². The maximum atomic E-state index is 11.9. The van der Waals surface area contributed by atoms with Crippen LogP contribution < -0.4 is 4.74 Å². The molecule has 0 atom stereocenters. The molecule has 2 heterocycles. The minimum atomic E-state index is -4.73. The normalized spacial score (nSPS) is 11.3. The summed E-state index contributed by atoms with van der Waals surface area (Å²) in [5.74, 6) is -0.397. The topological polar surface area (TPSA) is 47.9 Å². The molecule has 0 N–H and O–H groups in total. The first-order chi connectivity index (χ1) is 8.44. The molecule has 2 rings (SSSR count). The highest BCUT2D eigenvalue weighted by Crippen LogP contribution is 2.23. The fraction of sp³-hybridized carbons (Fsp3) is 0.100. The van der Waals surface area contributed by atoms with Crippen LogP contribution in [0.5, 0.6) is 5.75 Å². The van der Waals surface area contributed by atoms with Crippen molar-refractivity contribution in [1.82, 2.24) is 15.0 Å². The highest BCUT2D eigenvalue weighted by atomic mass is 35.5. The molecule has 8 heteroatoms. The average molecular weight is 276 g/mol. The number of aromatic nitrogens is 3. The first kappa shape index (κ1) is 12.6. The van der Waals surface area contributed by atoms with Gasteiger partial charge in [-0.2, -0.15) is 0 Å². The summed E-state index contributed by atoms with van der Waals surface area (Å²) in [5.41, 5.74) is 0.780. The largest absolute Gasteiger partial charge is 0.573 e. The van der Waals surface area contributed by atoms with Crippen LogP contribution in [0, 0.1) is 0 Å². The van der Waals surface area contributed by atoms with Crippen molar-refractivity contribution in [2.75, 3.05) is 0 Å². The van der Waals surface area contributed by atoms with E-state index in [9.17, 15) is 13.2 Å².